The highest BCUT2D eigenvalue weighted by Gasteiger charge is 2.33. The van der Waals surface area contributed by atoms with Crippen molar-refractivity contribution in [3.05, 3.63) is 47.3 Å². The highest BCUT2D eigenvalue weighted by molar-refractivity contribution is 6.01. The van der Waals surface area contributed by atoms with Crippen LogP contribution in [-0.4, -0.2) is 15.9 Å². The number of nitrogens with one attached hydrogen (secondary N) is 3. The molecule has 120 valence electrons. The molecule has 0 aliphatic carbocycles. The van der Waals surface area contributed by atoms with E-state index in [1.807, 2.05) is 0 Å². The van der Waals surface area contributed by atoms with Gasteiger partial charge in [-0.05, 0) is 12.1 Å². The number of alkyl halides is 3. The van der Waals surface area contributed by atoms with Crippen LogP contribution in [0, 0.1) is 28.1 Å². The van der Waals surface area contributed by atoms with Crippen molar-refractivity contribution in [1.29, 1.82) is 15.9 Å². The molecule has 0 unspecified atom stereocenters. The summed E-state index contributed by atoms with van der Waals surface area (Å²) in [4.78, 5) is 7.43. The summed E-state index contributed by atoms with van der Waals surface area (Å²) < 4.78 is 38.7. The third-order valence-electron chi connectivity index (χ3n) is 2.68. The van der Waals surface area contributed by atoms with E-state index in [0.29, 0.717) is 0 Å². The second kappa shape index (κ2) is 6.62. The minimum Gasteiger partial charge on any atom is -0.326 e. The average molecular weight is 331 g/mol. The Morgan fingerprint density at radius 1 is 1.04 bits per heavy atom. The molecule has 1 heterocycles. The van der Waals surface area contributed by atoms with Gasteiger partial charge in [0.15, 0.2) is 5.96 Å². The number of aromatic nitrogens is 2. The molecule has 10 heteroatoms. The lowest BCUT2D eigenvalue weighted by Crippen LogP contribution is -2.24. The number of para-hydroxylation sites is 1. The van der Waals surface area contributed by atoms with E-state index in [1.165, 1.54) is 12.1 Å². The number of hydrogen-bond acceptors (Lipinski definition) is 5. The number of halogens is 3. The van der Waals surface area contributed by atoms with Crippen LogP contribution in [0.15, 0.2) is 30.3 Å². The molecular weight excluding hydrogens is 323 g/mol. The van der Waals surface area contributed by atoms with Crippen LogP contribution in [0.5, 0.6) is 0 Å². The maximum absolute atomic E-state index is 12.9. The topological polar surface area (TPSA) is 121 Å². The van der Waals surface area contributed by atoms with Crippen molar-refractivity contribution in [2.45, 2.75) is 6.18 Å². The van der Waals surface area contributed by atoms with Crippen LogP contribution in [0.1, 0.15) is 17.0 Å². The fourth-order valence-corrected chi connectivity index (χ4v) is 1.73. The highest BCUT2D eigenvalue weighted by atomic mass is 19.4. The molecule has 0 fully saturated rings. The van der Waals surface area contributed by atoms with Crippen LogP contribution in [-0.2, 0) is 6.18 Å². The van der Waals surface area contributed by atoms with Gasteiger partial charge in [0, 0.05) is 6.07 Å². The van der Waals surface area contributed by atoms with Crippen LogP contribution in [0.4, 0.5) is 24.8 Å². The second-order valence-electron chi connectivity index (χ2n) is 4.35. The lowest BCUT2D eigenvalue weighted by Gasteiger charge is -2.15. The van der Waals surface area contributed by atoms with E-state index in [4.69, 9.17) is 15.9 Å². The molecule has 24 heavy (non-hydrogen) atoms. The molecule has 0 atom stereocenters. The van der Waals surface area contributed by atoms with Gasteiger partial charge in [-0.1, -0.05) is 12.1 Å². The van der Waals surface area contributed by atoms with Gasteiger partial charge >= 0.3 is 6.18 Å². The van der Waals surface area contributed by atoms with Crippen LogP contribution in [0.3, 0.4) is 0 Å². The van der Waals surface area contributed by atoms with Crippen LogP contribution in [0.2, 0.25) is 0 Å². The molecule has 0 aliphatic heterocycles. The van der Waals surface area contributed by atoms with E-state index in [9.17, 15) is 13.2 Å². The quantitative estimate of drug-likeness (QED) is 0.574. The zero-order valence-electron chi connectivity index (χ0n) is 11.8. The maximum atomic E-state index is 12.9. The number of guanidine groups is 1. The van der Waals surface area contributed by atoms with Gasteiger partial charge in [0.2, 0.25) is 5.95 Å². The number of rotatable bonds is 2. The molecule has 1 aromatic heterocycles. The fraction of sp³-hybridized carbons (Fsp3) is 0.0714. The smallest absolute Gasteiger partial charge is 0.326 e. The first kappa shape index (κ1) is 16.7. The van der Waals surface area contributed by atoms with Gasteiger partial charge in [-0.15, -0.1) is 0 Å². The third kappa shape index (κ3) is 3.96. The highest BCUT2D eigenvalue weighted by Crippen LogP contribution is 2.34. The molecule has 7 nitrogen and oxygen atoms in total. The SMILES string of the molecule is N#Cc1cc(C#N)nc(NC(=N)Nc2ccccc2C(F)(F)F)n1. The maximum Gasteiger partial charge on any atom is 0.418 e. The lowest BCUT2D eigenvalue weighted by atomic mass is 10.1. The monoisotopic (exact) mass is 331 g/mol. The zero-order valence-corrected chi connectivity index (χ0v) is 11.8. The first-order chi connectivity index (χ1) is 11.3. The molecule has 2 aromatic rings. The first-order valence-corrected chi connectivity index (χ1v) is 6.31. The Bertz CT molecular complexity index is 830. The van der Waals surface area contributed by atoms with E-state index in [1.54, 1.807) is 12.1 Å². The molecule has 0 bridgehead atoms. The molecule has 2 rings (SSSR count). The molecule has 3 N–H and O–H groups in total. The Hall–Kier alpha value is -3.66. The van der Waals surface area contributed by atoms with Gasteiger partial charge in [0.1, 0.15) is 23.5 Å². The minimum absolute atomic E-state index is 0.118. The Labute approximate surface area is 133 Å². The van der Waals surface area contributed by atoms with E-state index in [-0.39, 0.29) is 23.0 Å². The van der Waals surface area contributed by atoms with Crippen LogP contribution >= 0.6 is 0 Å². The molecule has 1 aromatic carbocycles. The van der Waals surface area contributed by atoms with Crippen LogP contribution in [0.25, 0.3) is 0 Å². The fourth-order valence-electron chi connectivity index (χ4n) is 1.73. The van der Waals surface area contributed by atoms with Crippen molar-refractivity contribution < 1.29 is 13.2 Å². The second-order valence-corrected chi connectivity index (χ2v) is 4.35. The largest absolute Gasteiger partial charge is 0.418 e. The van der Waals surface area contributed by atoms with Crippen molar-refractivity contribution in [2.24, 2.45) is 0 Å². The number of benzene rings is 1. The number of nitriles is 2. The summed E-state index contributed by atoms with van der Waals surface area (Å²) in [5.41, 5.74) is -1.51. The summed E-state index contributed by atoms with van der Waals surface area (Å²) in [6, 6.07) is 9.20. The van der Waals surface area contributed by atoms with Gasteiger partial charge in [0.05, 0.1) is 11.3 Å². The average Bonchev–Trinajstić information content (AvgIpc) is 2.53. The van der Waals surface area contributed by atoms with Crippen molar-refractivity contribution in [1.82, 2.24) is 9.97 Å². The lowest BCUT2D eigenvalue weighted by molar-refractivity contribution is -0.136. The Morgan fingerprint density at radius 2 is 1.62 bits per heavy atom. The molecule has 0 aliphatic rings. The third-order valence-corrected chi connectivity index (χ3v) is 2.68. The van der Waals surface area contributed by atoms with E-state index in [2.05, 4.69) is 20.6 Å². The number of nitrogens with zero attached hydrogens (tertiary/aromatic N) is 4. The molecule has 0 radical (unpaired) electrons. The molecule has 0 amide bonds. The van der Waals surface area contributed by atoms with E-state index < -0.39 is 17.7 Å². The van der Waals surface area contributed by atoms with Crippen molar-refractivity contribution in [3.8, 4) is 12.1 Å². The Morgan fingerprint density at radius 3 is 2.17 bits per heavy atom. The molecule has 0 saturated carbocycles. The van der Waals surface area contributed by atoms with Crippen molar-refractivity contribution >= 4 is 17.6 Å². The van der Waals surface area contributed by atoms with E-state index >= 15 is 0 Å². The summed E-state index contributed by atoms with van der Waals surface area (Å²) in [6.07, 6.45) is -4.59. The van der Waals surface area contributed by atoms with Gasteiger partial charge in [-0.2, -0.15) is 23.7 Å². The summed E-state index contributed by atoms with van der Waals surface area (Å²) in [5, 5.41) is 29.8. The Kier molecular flexibility index (Phi) is 4.61. The first-order valence-electron chi connectivity index (χ1n) is 6.31. The summed E-state index contributed by atoms with van der Waals surface area (Å²) in [6.45, 7) is 0. The van der Waals surface area contributed by atoms with Crippen molar-refractivity contribution in [2.75, 3.05) is 10.6 Å². The predicted octanol–water partition coefficient (Wildman–Crippen LogP) is 2.70. The number of anilines is 2. The summed E-state index contributed by atoms with van der Waals surface area (Å²) >= 11 is 0. The summed E-state index contributed by atoms with van der Waals surface area (Å²) in [5.74, 6) is -0.807. The molecule has 0 spiro atoms. The Balaban J connectivity index is 2.22. The summed E-state index contributed by atoms with van der Waals surface area (Å²) in [7, 11) is 0. The van der Waals surface area contributed by atoms with Crippen LogP contribution < -0.4 is 10.6 Å². The predicted molar refractivity (Wildman–Crippen MR) is 77.9 cm³/mol. The number of hydrogen-bond donors (Lipinski definition) is 3. The zero-order chi connectivity index (χ0) is 17.7. The molecular formula is C14H8F3N7. The normalized spacial score (nSPS) is 10.4. The van der Waals surface area contributed by atoms with Crippen molar-refractivity contribution in [3.63, 3.8) is 0 Å². The minimum atomic E-state index is -4.59. The molecule has 0 saturated heterocycles. The standard InChI is InChI=1S/C14H8F3N7/c15-14(16,17)10-3-1-2-4-11(10)23-12(20)24-13-21-8(6-18)5-9(7-19)22-13/h1-5H,(H3,20,21,22,23,24). The van der Waals surface area contributed by atoms with Gasteiger partial charge < -0.3 is 5.32 Å². The van der Waals surface area contributed by atoms with Gasteiger partial charge in [0.25, 0.3) is 0 Å². The van der Waals surface area contributed by atoms with Gasteiger partial charge in [-0.3, -0.25) is 10.7 Å². The van der Waals surface area contributed by atoms with E-state index in [0.717, 1.165) is 18.2 Å². The van der Waals surface area contributed by atoms with Gasteiger partial charge in [-0.25, -0.2) is 9.97 Å².